The van der Waals surface area contributed by atoms with E-state index in [1.165, 1.54) is 0 Å². The molecule has 2 aromatic rings. The fourth-order valence-corrected chi connectivity index (χ4v) is 3.02. The summed E-state index contributed by atoms with van der Waals surface area (Å²) in [7, 11) is 1.19. The van der Waals surface area contributed by atoms with E-state index in [2.05, 4.69) is 52.8 Å². The molecule has 4 nitrogen and oxygen atoms in total. The Balaban J connectivity index is 2.05. The first-order valence-corrected chi connectivity index (χ1v) is 8.92. The van der Waals surface area contributed by atoms with Gasteiger partial charge in [0.05, 0.1) is 11.2 Å². The fraction of sp³-hybridized carbons (Fsp3) is 0.429. The molecule has 0 spiro atoms. The van der Waals surface area contributed by atoms with Gasteiger partial charge < -0.3 is 18.8 Å². The number of hydrogen-bond acceptors (Lipinski definition) is 4. The maximum absolute atomic E-state index is 6.28. The number of ether oxygens (including phenoxy) is 2. The Hall–Kier alpha value is -1.82. The SMILES string of the molecule is COCOc1ccc(C)cc1-c1ccccc1B1OC(C)(C)C(C)(C)O1. The van der Waals surface area contributed by atoms with Gasteiger partial charge in [0.15, 0.2) is 6.79 Å². The summed E-state index contributed by atoms with van der Waals surface area (Å²) in [6, 6.07) is 14.3. The van der Waals surface area contributed by atoms with E-state index >= 15 is 0 Å². The molecule has 1 heterocycles. The van der Waals surface area contributed by atoms with E-state index in [0.717, 1.165) is 27.9 Å². The van der Waals surface area contributed by atoms with Gasteiger partial charge in [0, 0.05) is 12.7 Å². The molecule has 26 heavy (non-hydrogen) atoms. The highest BCUT2D eigenvalue weighted by Crippen LogP contribution is 2.38. The Morgan fingerprint density at radius 2 is 1.58 bits per heavy atom. The van der Waals surface area contributed by atoms with Crippen LogP contribution in [0.1, 0.15) is 33.3 Å². The number of methoxy groups -OCH3 is 1. The lowest BCUT2D eigenvalue weighted by molar-refractivity contribution is 0.00578. The first kappa shape index (κ1) is 19.0. The first-order valence-electron chi connectivity index (χ1n) is 8.92. The van der Waals surface area contributed by atoms with Gasteiger partial charge in [0.2, 0.25) is 0 Å². The summed E-state index contributed by atoms with van der Waals surface area (Å²) in [5, 5.41) is 0. The number of hydrogen-bond donors (Lipinski definition) is 0. The van der Waals surface area contributed by atoms with Gasteiger partial charge >= 0.3 is 7.12 Å². The average Bonchev–Trinajstić information content (AvgIpc) is 2.81. The Kier molecular flexibility index (Phi) is 5.15. The Morgan fingerprint density at radius 1 is 0.923 bits per heavy atom. The van der Waals surface area contributed by atoms with E-state index in [1.807, 2.05) is 24.3 Å². The summed E-state index contributed by atoms with van der Waals surface area (Å²) in [6.45, 7) is 10.5. The molecule has 0 atom stereocenters. The minimum atomic E-state index is -0.424. The highest BCUT2D eigenvalue weighted by Gasteiger charge is 2.52. The third kappa shape index (κ3) is 3.52. The van der Waals surface area contributed by atoms with E-state index in [-0.39, 0.29) is 18.0 Å². The summed E-state index contributed by atoms with van der Waals surface area (Å²) < 4.78 is 23.4. The molecule has 1 aliphatic rings. The minimum Gasteiger partial charge on any atom is -0.467 e. The maximum atomic E-state index is 6.28. The summed E-state index contributed by atoms with van der Waals surface area (Å²) in [6.07, 6.45) is 0. The van der Waals surface area contributed by atoms with Crippen molar-refractivity contribution in [3.8, 4) is 16.9 Å². The molecular formula is C21H27BO4. The van der Waals surface area contributed by atoms with Crippen LogP contribution in [-0.4, -0.2) is 32.2 Å². The van der Waals surface area contributed by atoms with Crippen molar-refractivity contribution in [3.05, 3.63) is 48.0 Å². The van der Waals surface area contributed by atoms with Gasteiger partial charge in [-0.2, -0.15) is 0 Å². The van der Waals surface area contributed by atoms with Gasteiger partial charge in [-0.1, -0.05) is 35.9 Å². The number of aryl methyl sites for hydroxylation is 1. The molecule has 0 bridgehead atoms. The van der Waals surface area contributed by atoms with Crippen LogP contribution in [0.3, 0.4) is 0 Å². The van der Waals surface area contributed by atoms with Crippen molar-refractivity contribution < 1.29 is 18.8 Å². The van der Waals surface area contributed by atoms with Gasteiger partial charge in [-0.25, -0.2) is 0 Å². The van der Waals surface area contributed by atoms with E-state index in [9.17, 15) is 0 Å². The molecule has 0 aromatic heterocycles. The standard InChI is InChI=1S/C21H27BO4/c1-15-11-12-19(24-14-23-6)17(13-15)16-9-7-8-10-18(16)22-25-20(2,3)21(4,5)26-22/h7-13H,14H2,1-6H3. The van der Waals surface area contributed by atoms with Gasteiger partial charge in [-0.3, -0.25) is 0 Å². The number of rotatable bonds is 5. The van der Waals surface area contributed by atoms with Crippen LogP contribution in [0.2, 0.25) is 0 Å². The average molecular weight is 354 g/mol. The molecule has 1 saturated heterocycles. The van der Waals surface area contributed by atoms with Crippen LogP contribution in [0.5, 0.6) is 5.75 Å². The molecule has 3 rings (SSSR count). The second kappa shape index (κ2) is 7.07. The third-order valence-electron chi connectivity index (χ3n) is 5.23. The molecule has 0 unspecified atom stereocenters. The highest BCUT2D eigenvalue weighted by molar-refractivity contribution is 6.63. The molecule has 1 fully saturated rings. The lowest BCUT2D eigenvalue weighted by atomic mass is 9.74. The fourth-order valence-electron chi connectivity index (χ4n) is 3.02. The van der Waals surface area contributed by atoms with Crippen LogP contribution < -0.4 is 10.2 Å². The predicted octanol–water partition coefficient (Wildman–Crippen LogP) is 3.94. The zero-order valence-electron chi connectivity index (χ0n) is 16.5. The van der Waals surface area contributed by atoms with Gasteiger partial charge in [-0.15, -0.1) is 0 Å². The van der Waals surface area contributed by atoms with Crippen molar-refractivity contribution >= 4 is 12.6 Å². The molecule has 0 radical (unpaired) electrons. The third-order valence-corrected chi connectivity index (χ3v) is 5.23. The summed E-state index contributed by atoms with van der Waals surface area (Å²) in [5.41, 5.74) is 3.44. The van der Waals surface area contributed by atoms with E-state index < -0.39 is 7.12 Å². The summed E-state index contributed by atoms with van der Waals surface area (Å²) in [4.78, 5) is 0. The van der Waals surface area contributed by atoms with Crippen molar-refractivity contribution in [2.75, 3.05) is 13.9 Å². The largest absolute Gasteiger partial charge is 0.495 e. The first-order chi connectivity index (χ1) is 12.2. The minimum absolute atomic E-state index is 0.203. The number of benzene rings is 2. The lowest BCUT2D eigenvalue weighted by Crippen LogP contribution is -2.41. The van der Waals surface area contributed by atoms with Crippen LogP contribution >= 0.6 is 0 Å². The van der Waals surface area contributed by atoms with Crippen LogP contribution in [0.4, 0.5) is 0 Å². The molecule has 0 amide bonds. The Morgan fingerprint density at radius 3 is 2.23 bits per heavy atom. The lowest BCUT2D eigenvalue weighted by Gasteiger charge is -2.32. The van der Waals surface area contributed by atoms with Crippen molar-refractivity contribution in [1.82, 2.24) is 0 Å². The Labute approximate surface area is 156 Å². The second-order valence-electron chi connectivity index (χ2n) is 7.73. The van der Waals surface area contributed by atoms with E-state index in [1.54, 1.807) is 7.11 Å². The molecule has 0 aliphatic carbocycles. The molecule has 0 saturated carbocycles. The van der Waals surface area contributed by atoms with Gasteiger partial charge in [0.25, 0.3) is 0 Å². The topological polar surface area (TPSA) is 36.9 Å². The van der Waals surface area contributed by atoms with Crippen molar-refractivity contribution in [2.24, 2.45) is 0 Å². The molecule has 5 heteroatoms. The van der Waals surface area contributed by atoms with Crippen LogP contribution in [-0.2, 0) is 14.0 Å². The quantitative estimate of drug-likeness (QED) is 0.602. The van der Waals surface area contributed by atoms with Crippen molar-refractivity contribution in [2.45, 2.75) is 45.8 Å². The molecule has 1 aliphatic heterocycles. The summed E-state index contributed by atoms with van der Waals surface area (Å²) >= 11 is 0. The zero-order chi connectivity index (χ0) is 18.9. The molecule has 2 aromatic carbocycles. The van der Waals surface area contributed by atoms with Crippen molar-refractivity contribution in [3.63, 3.8) is 0 Å². The molecule has 0 N–H and O–H groups in total. The van der Waals surface area contributed by atoms with Crippen molar-refractivity contribution in [1.29, 1.82) is 0 Å². The maximum Gasteiger partial charge on any atom is 0.495 e. The predicted molar refractivity (Wildman–Crippen MR) is 105 cm³/mol. The van der Waals surface area contributed by atoms with Crippen LogP contribution in [0.25, 0.3) is 11.1 Å². The van der Waals surface area contributed by atoms with Crippen LogP contribution in [0.15, 0.2) is 42.5 Å². The highest BCUT2D eigenvalue weighted by atomic mass is 16.7. The smallest absolute Gasteiger partial charge is 0.467 e. The second-order valence-corrected chi connectivity index (χ2v) is 7.73. The normalized spacial score (nSPS) is 18.2. The van der Waals surface area contributed by atoms with E-state index in [0.29, 0.717) is 0 Å². The molecular weight excluding hydrogens is 327 g/mol. The van der Waals surface area contributed by atoms with Crippen LogP contribution in [0, 0.1) is 6.92 Å². The monoisotopic (exact) mass is 354 g/mol. The van der Waals surface area contributed by atoms with Gasteiger partial charge in [-0.05, 0) is 57.8 Å². The molecule has 138 valence electrons. The zero-order valence-corrected chi connectivity index (χ0v) is 16.5. The Bertz CT molecular complexity index is 769. The van der Waals surface area contributed by atoms with E-state index in [4.69, 9.17) is 18.8 Å². The van der Waals surface area contributed by atoms with Gasteiger partial charge in [0.1, 0.15) is 5.75 Å². The summed E-state index contributed by atoms with van der Waals surface area (Å²) in [5.74, 6) is 0.779.